The van der Waals surface area contributed by atoms with Crippen molar-refractivity contribution in [1.82, 2.24) is 0 Å². The lowest BCUT2D eigenvalue weighted by molar-refractivity contribution is -0.138. The molecule has 0 saturated heterocycles. The lowest BCUT2D eigenvalue weighted by Gasteiger charge is -2.13. The molecule has 1 atom stereocenters. The van der Waals surface area contributed by atoms with Crippen LogP contribution >= 0.6 is 27.7 Å². The first-order valence-corrected chi connectivity index (χ1v) is 6.67. The molecule has 1 aromatic carbocycles. The van der Waals surface area contributed by atoms with Crippen LogP contribution in [0, 0.1) is 0 Å². The lowest BCUT2D eigenvalue weighted by Crippen LogP contribution is -2.07. The molecule has 5 heteroatoms. The van der Waals surface area contributed by atoms with E-state index in [0.717, 1.165) is 20.7 Å². The van der Waals surface area contributed by atoms with Crippen LogP contribution in [0.25, 0.3) is 0 Å². The summed E-state index contributed by atoms with van der Waals surface area (Å²) in [5.74, 6) is -0.605. The van der Waals surface area contributed by atoms with Crippen LogP contribution in [-0.2, 0) is 4.79 Å². The lowest BCUT2D eigenvalue weighted by atomic mass is 10.0. The molecule has 1 aromatic rings. The fourth-order valence-electron chi connectivity index (χ4n) is 1.33. The molecule has 1 unspecified atom stereocenters. The quantitative estimate of drug-likeness (QED) is 0.866. The van der Waals surface area contributed by atoms with Crippen LogP contribution in [0.15, 0.2) is 21.5 Å². The number of carbonyl (C=O) groups is 1. The van der Waals surface area contributed by atoms with Crippen molar-refractivity contribution in [3.05, 3.63) is 22.2 Å². The molecule has 0 radical (unpaired) electrons. The zero-order valence-corrected chi connectivity index (χ0v) is 11.7. The van der Waals surface area contributed by atoms with Gasteiger partial charge in [-0.1, -0.05) is 0 Å². The second kappa shape index (κ2) is 5.59. The third-order valence-corrected chi connectivity index (χ3v) is 3.66. The minimum absolute atomic E-state index is 0.520. The summed E-state index contributed by atoms with van der Waals surface area (Å²) in [6.45, 7) is 1.67. The molecule has 16 heavy (non-hydrogen) atoms. The predicted octanol–water partition coefficient (Wildman–Crippen LogP) is 3.37. The highest BCUT2D eigenvalue weighted by molar-refractivity contribution is 9.10. The van der Waals surface area contributed by atoms with E-state index in [9.17, 15) is 4.79 Å². The molecule has 0 heterocycles. The number of halogens is 1. The van der Waals surface area contributed by atoms with Crippen LogP contribution in [0.5, 0.6) is 5.75 Å². The largest absolute Gasteiger partial charge is 0.494 e. The molecule has 88 valence electrons. The first kappa shape index (κ1) is 13.4. The number of methoxy groups -OCH3 is 1. The fourth-order valence-corrected chi connectivity index (χ4v) is 2.73. The predicted molar refractivity (Wildman–Crippen MR) is 68.5 cm³/mol. The van der Waals surface area contributed by atoms with Gasteiger partial charge in [-0.3, -0.25) is 4.79 Å². The van der Waals surface area contributed by atoms with Crippen molar-refractivity contribution in [2.45, 2.75) is 17.7 Å². The molecule has 0 amide bonds. The first-order valence-electron chi connectivity index (χ1n) is 4.65. The van der Waals surface area contributed by atoms with Crippen molar-refractivity contribution in [1.29, 1.82) is 0 Å². The molecule has 0 aromatic heterocycles. The van der Waals surface area contributed by atoms with Gasteiger partial charge in [-0.25, -0.2) is 0 Å². The van der Waals surface area contributed by atoms with Crippen LogP contribution in [0.1, 0.15) is 18.4 Å². The number of carboxylic acid groups (broad SMARTS) is 1. The Morgan fingerprint density at radius 3 is 2.62 bits per heavy atom. The van der Waals surface area contributed by atoms with Gasteiger partial charge in [0.15, 0.2) is 0 Å². The Morgan fingerprint density at radius 2 is 2.19 bits per heavy atom. The van der Waals surface area contributed by atoms with Crippen molar-refractivity contribution in [3.63, 3.8) is 0 Å². The zero-order valence-electron chi connectivity index (χ0n) is 9.28. The van der Waals surface area contributed by atoms with E-state index in [0.29, 0.717) is 0 Å². The van der Waals surface area contributed by atoms with Crippen molar-refractivity contribution >= 4 is 33.7 Å². The van der Waals surface area contributed by atoms with Crippen molar-refractivity contribution < 1.29 is 14.6 Å². The molecular formula is C11H13BrO3S. The molecule has 0 aliphatic carbocycles. The van der Waals surface area contributed by atoms with E-state index in [4.69, 9.17) is 9.84 Å². The van der Waals surface area contributed by atoms with E-state index in [1.54, 1.807) is 20.1 Å². The van der Waals surface area contributed by atoms with Gasteiger partial charge in [0, 0.05) is 0 Å². The van der Waals surface area contributed by atoms with Gasteiger partial charge in [-0.05, 0) is 46.8 Å². The van der Waals surface area contributed by atoms with Gasteiger partial charge in [-0.15, -0.1) is 11.8 Å². The zero-order chi connectivity index (χ0) is 12.3. The summed E-state index contributed by atoms with van der Waals surface area (Å²) in [5.41, 5.74) is 0.768. The first-order chi connectivity index (χ1) is 7.51. The Hall–Kier alpha value is -0.680. The van der Waals surface area contributed by atoms with Crippen LogP contribution in [0.2, 0.25) is 0 Å². The standard InChI is InChI=1S/C11H13BrO3S/c1-6(11(13)14)7-4-8(12)10(15-2)9(5-7)16-3/h4-6H,1-3H3,(H,13,14). The molecule has 0 saturated carbocycles. The number of thioether (sulfide) groups is 1. The fraction of sp³-hybridized carbons (Fsp3) is 0.364. The van der Waals surface area contributed by atoms with Crippen molar-refractivity contribution in [2.24, 2.45) is 0 Å². The van der Waals surface area contributed by atoms with Gasteiger partial charge in [-0.2, -0.15) is 0 Å². The van der Waals surface area contributed by atoms with E-state index in [1.807, 2.05) is 12.3 Å². The van der Waals surface area contributed by atoms with Gasteiger partial charge in [0.2, 0.25) is 0 Å². The third-order valence-electron chi connectivity index (χ3n) is 2.33. The summed E-state index contributed by atoms with van der Waals surface area (Å²) in [4.78, 5) is 11.8. The maximum Gasteiger partial charge on any atom is 0.310 e. The van der Waals surface area contributed by atoms with E-state index < -0.39 is 11.9 Å². The van der Waals surface area contributed by atoms with E-state index in [2.05, 4.69) is 15.9 Å². The highest BCUT2D eigenvalue weighted by Gasteiger charge is 2.17. The number of hydrogen-bond acceptors (Lipinski definition) is 3. The minimum Gasteiger partial charge on any atom is -0.494 e. The number of aliphatic carboxylic acids is 1. The van der Waals surface area contributed by atoms with Crippen LogP contribution in [-0.4, -0.2) is 24.4 Å². The maximum absolute atomic E-state index is 10.9. The number of benzene rings is 1. The normalized spacial score (nSPS) is 12.2. The Balaban J connectivity index is 3.25. The molecule has 1 N–H and O–H groups in total. The molecular weight excluding hydrogens is 292 g/mol. The highest BCUT2D eigenvalue weighted by Crippen LogP contribution is 2.37. The van der Waals surface area contributed by atoms with Gasteiger partial charge < -0.3 is 9.84 Å². The minimum atomic E-state index is -0.830. The number of carboxylic acids is 1. The summed E-state index contributed by atoms with van der Waals surface area (Å²) in [6.07, 6.45) is 1.93. The topological polar surface area (TPSA) is 46.5 Å². The second-order valence-corrected chi connectivity index (χ2v) is 5.00. The van der Waals surface area contributed by atoms with Crippen LogP contribution in [0.3, 0.4) is 0 Å². The molecule has 3 nitrogen and oxygen atoms in total. The molecule has 0 spiro atoms. The van der Waals surface area contributed by atoms with Crippen LogP contribution in [0.4, 0.5) is 0 Å². The Kier molecular flexibility index (Phi) is 4.68. The third kappa shape index (κ3) is 2.71. The monoisotopic (exact) mass is 304 g/mol. The molecule has 0 aliphatic heterocycles. The SMILES string of the molecule is COc1c(Br)cc(C(C)C(=O)O)cc1SC. The molecule has 0 fully saturated rings. The molecule has 1 rings (SSSR count). The number of ether oxygens (including phenoxy) is 1. The summed E-state index contributed by atoms with van der Waals surface area (Å²) >= 11 is 4.91. The smallest absolute Gasteiger partial charge is 0.310 e. The summed E-state index contributed by atoms with van der Waals surface area (Å²) in [6, 6.07) is 3.64. The van der Waals surface area contributed by atoms with E-state index >= 15 is 0 Å². The Labute approximate surface area is 107 Å². The summed E-state index contributed by atoms with van der Waals surface area (Å²) < 4.78 is 6.03. The maximum atomic E-state index is 10.9. The van der Waals surface area contributed by atoms with E-state index in [1.165, 1.54) is 11.8 Å². The van der Waals surface area contributed by atoms with Gasteiger partial charge in [0.25, 0.3) is 0 Å². The van der Waals surface area contributed by atoms with Gasteiger partial charge in [0.05, 0.1) is 22.4 Å². The number of hydrogen-bond donors (Lipinski definition) is 1. The molecule has 0 bridgehead atoms. The second-order valence-electron chi connectivity index (χ2n) is 3.30. The van der Waals surface area contributed by atoms with Gasteiger partial charge in [0.1, 0.15) is 5.75 Å². The van der Waals surface area contributed by atoms with Crippen LogP contribution < -0.4 is 4.74 Å². The summed E-state index contributed by atoms with van der Waals surface area (Å²) in [7, 11) is 1.60. The highest BCUT2D eigenvalue weighted by atomic mass is 79.9. The van der Waals surface area contributed by atoms with Crippen molar-refractivity contribution in [2.75, 3.05) is 13.4 Å². The Bertz CT molecular complexity index is 406. The molecule has 0 aliphatic rings. The van der Waals surface area contributed by atoms with E-state index in [-0.39, 0.29) is 0 Å². The average molecular weight is 305 g/mol. The average Bonchev–Trinajstić information content (AvgIpc) is 2.26. The van der Waals surface area contributed by atoms with Gasteiger partial charge >= 0.3 is 5.97 Å². The number of rotatable bonds is 4. The Morgan fingerprint density at radius 1 is 1.56 bits per heavy atom. The van der Waals surface area contributed by atoms with Crippen molar-refractivity contribution in [3.8, 4) is 5.75 Å². The summed E-state index contributed by atoms with van der Waals surface area (Å²) in [5, 5.41) is 8.96.